The Labute approximate surface area is 157 Å². The first-order valence-electron chi connectivity index (χ1n) is 8.36. The summed E-state index contributed by atoms with van der Waals surface area (Å²) in [5.41, 5.74) is 2.32. The van der Waals surface area contributed by atoms with Gasteiger partial charge < -0.3 is 14.5 Å². The van der Waals surface area contributed by atoms with Gasteiger partial charge in [-0.2, -0.15) is 0 Å². The lowest BCUT2D eigenvalue weighted by atomic mass is 10.1. The molecule has 26 heavy (non-hydrogen) atoms. The van der Waals surface area contributed by atoms with Gasteiger partial charge in [0.25, 0.3) is 0 Å². The van der Waals surface area contributed by atoms with Crippen LogP contribution in [0.3, 0.4) is 0 Å². The van der Waals surface area contributed by atoms with Crippen LogP contribution in [0.25, 0.3) is 22.6 Å². The maximum Gasteiger partial charge on any atom is 0.228 e. The quantitative estimate of drug-likeness (QED) is 0.653. The summed E-state index contributed by atoms with van der Waals surface area (Å²) in [5.74, 6) is -0.144. The lowest BCUT2D eigenvalue weighted by Crippen LogP contribution is -2.19. The summed E-state index contributed by atoms with van der Waals surface area (Å²) < 4.78 is 25.4. The molecule has 0 radical (unpaired) electrons. The summed E-state index contributed by atoms with van der Waals surface area (Å²) in [6, 6.07) is 9.56. The van der Waals surface area contributed by atoms with Crippen LogP contribution >= 0.6 is 15.9 Å². The van der Waals surface area contributed by atoms with E-state index in [1.807, 2.05) is 0 Å². The van der Waals surface area contributed by atoms with Gasteiger partial charge >= 0.3 is 0 Å². The molecule has 2 aromatic carbocycles. The molecule has 0 unspecified atom stereocenters. The highest BCUT2D eigenvalue weighted by Crippen LogP contribution is 2.31. The van der Waals surface area contributed by atoms with Crippen molar-refractivity contribution in [2.24, 2.45) is 0 Å². The van der Waals surface area contributed by atoms with Crippen molar-refractivity contribution < 1.29 is 18.3 Å². The SMILES string of the molecule is O=C(C[C@@H]1CCCO1)Nc1ccc2oc(-c3cc(F)ccc3Br)nc2c1. The average Bonchev–Trinajstić information content (AvgIpc) is 3.26. The molecule has 1 N–H and O–H groups in total. The van der Waals surface area contributed by atoms with Crippen LogP contribution < -0.4 is 5.32 Å². The molecule has 3 aromatic rings. The van der Waals surface area contributed by atoms with E-state index in [0.29, 0.717) is 39.1 Å². The summed E-state index contributed by atoms with van der Waals surface area (Å²) in [6.45, 7) is 0.723. The van der Waals surface area contributed by atoms with Crippen molar-refractivity contribution in [2.75, 3.05) is 11.9 Å². The number of ether oxygens (including phenoxy) is 1. The number of aromatic nitrogens is 1. The van der Waals surface area contributed by atoms with Crippen LogP contribution in [0.2, 0.25) is 0 Å². The van der Waals surface area contributed by atoms with Gasteiger partial charge in [0.15, 0.2) is 5.58 Å². The van der Waals surface area contributed by atoms with Crippen molar-refractivity contribution in [3.05, 3.63) is 46.7 Å². The zero-order valence-corrected chi connectivity index (χ0v) is 15.4. The number of hydrogen-bond acceptors (Lipinski definition) is 4. The highest BCUT2D eigenvalue weighted by Gasteiger charge is 2.19. The van der Waals surface area contributed by atoms with E-state index in [4.69, 9.17) is 9.15 Å². The fraction of sp³-hybridized carbons (Fsp3) is 0.263. The van der Waals surface area contributed by atoms with Crippen molar-refractivity contribution in [1.82, 2.24) is 4.98 Å². The van der Waals surface area contributed by atoms with Crippen LogP contribution in [0.15, 0.2) is 45.3 Å². The van der Waals surface area contributed by atoms with Crippen molar-refractivity contribution in [1.29, 1.82) is 0 Å². The van der Waals surface area contributed by atoms with Gasteiger partial charge in [-0.05, 0) is 65.2 Å². The Hall–Kier alpha value is -2.25. The molecule has 0 spiro atoms. The zero-order valence-electron chi connectivity index (χ0n) is 13.8. The Kier molecular flexibility index (Phi) is 4.74. The Morgan fingerprint density at radius 3 is 3.00 bits per heavy atom. The van der Waals surface area contributed by atoms with E-state index in [1.165, 1.54) is 12.1 Å². The van der Waals surface area contributed by atoms with Gasteiger partial charge in [-0.3, -0.25) is 4.79 Å². The third kappa shape index (κ3) is 3.64. The van der Waals surface area contributed by atoms with Crippen molar-refractivity contribution in [2.45, 2.75) is 25.4 Å². The number of anilines is 1. The second-order valence-corrected chi connectivity index (χ2v) is 7.07. The number of amides is 1. The number of nitrogens with zero attached hydrogens (tertiary/aromatic N) is 1. The molecule has 7 heteroatoms. The van der Waals surface area contributed by atoms with E-state index >= 15 is 0 Å². The minimum Gasteiger partial charge on any atom is -0.436 e. The van der Waals surface area contributed by atoms with Gasteiger partial charge in [-0.25, -0.2) is 9.37 Å². The minimum absolute atomic E-state index is 0.00251. The molecule has 0 bridgehead atoms. The highest BCUT2D eigenvalue weighted by atomic mass is 79.9. The predicted molar refractivity (Wildman–Crippen MR) is 99.3 cm³/mol. The van der Waals surface area contributed by atoms with Gasteiger partial charge in [0.1, 0.15) is 11.3 Å². The van der Waals surface area contributed by atoms with E-state index in [9.17, 15) is 9.18 Å². The maximum absolute atomic E-state index is 13.5. The molecule has 0 aliphatic carbocycles. The molecule has 1 atom stereocenters. The first kappa shape index (κ1) is 17.2. The molecule has 134 valence electrons. The number of carbonyl (C=O) groups excluding carboxylic acids is 1. The predicted octanol–water partition coefficient (Wildman–Crippen LogP) is 4.90. The van der Waals surface area contributed by atoms with E-state index in [2.05, 4.69) is 26.2 Å². The van der Waals surface area contributed by atoms with Crippen LogP contribution in [0.1, 0.15) is 19.3 Å². The molecule has 2 heterocycles. The number of carbonyl (C=O) groups is 1. The van der Waals surface area contributed by atoms with Gasteiger partial charge in [0, 0.05) is 16.8 Å². The van der Waals surface area contributed by atoms with Gasteiger partial charge in [0.2, 0.25) is 11.8 Å². The summed E-state index contributed by atoms with van der Waals surface area (Å²) in [5, 5.41) is 2.86. The topological polar surface area (TPSA) is 64.4 Å². The van der Waals surface area contributed by atoms with E-state index in [-0.39, 0.29) is 17.8 Å². The standard InChI is InChI=1S/C19H16BrFN2O3/c20-15-5-3-11(21)8-14(15)19-23-16-9-12(4-6-17(16)26-19)22-18(24)10-13-2-1-7-25-13/h3-6,8-9,13H,1-2,7,10H2,(H,22,24)/t13-/m0/s1. The molecular formula is C19H16BrFN2O3. The van der Waals surface area contributed by atoms with Crippen LogP contribution in [0, 0.1) is 5.82 Å². The molecule has 0 saturated carbocycles. The summed E-state index contributed by atoms with van der Waals surface area (Å²) >= 11 is 3.38. The first-order valence-corrected chi connectivity index (χ1v) is 9.15. The molecule has 1 aliphatic heterocycles. The van der Waals surface area contributed by atoms with Gasteiger partial charge in [0.05, 0.1) is 18.1 Å². The Morgan fingerprint density at radius 2 is 2.19 bits per heavy atom. The third-order valence-electron chi connectivity index (χ3n) is 4.27. The Balaban J connectivity index is 1.55. The van der Waals surface area contributed by atoms with Crippen LogP contribution in [-0.2, 0) is 9.53 Å². The number of nitrogens with one attached hydrogen (secondary N) is 1. The Bertz CT molecular complexity index is 967. The normalized spacial score (nSPS) is 16.9. The number of hydrogen-bond donors (Lipinski definition) is 1. The van der Waals surface area contributed by atoms with Crippen LogP contribution in [0.5, 0.6) is 0 Å². The lowest BCUT2D eigenvalue weighted by molar-refractivity contribution is -0.118. The number of oxazole rings is 1. The summed E-state index contributed by atoms with van der Waals surface area (Å²) in [4.78, 5) is 16.5. The third-order valence-corrected chi connectivity index (χ3v) is 4.96. The molecule has 1 saturated heterocycles. The molecule has 5 nitrogen and oxygen atoms in total. The second kappa shape index (κ2) is 7.17. The molecule has 1 aromatic heterocycles. The average molecular weight is 419 g/mol. The largest absolute Gasteiger partial charge is 0.436 e. The molecule has 1 amide bonds. The smallest absolute Gasteiger partial charge is 0.228 e. The van der Waals surface area contributed by atoms with Crippen molar-refractivity contribution >= 4 is 38.6 Å². The fourth-order valence-corrected chi connectivity index (χ4v) is 3.42. The maximum atomic E-state index is 13.5. The molecular weight excluding hydrogens is 403 g/mol. The first-order chi connectivity index (χ1) is 12.6. The minimum atomic E-state index is -0.368. The molecule has 1 aliphatic rings. The highest BCUT2D eigenvalue weighted by molar-refractivity contribution is 9.10. The van der Waals surface area contributed by atoms with Crippen LogP contribution in [-0.4, -0.2) is 23.6 Å². The van der Waals surface area contributed by atoms with Gasteiger partial charge in [-0.15, -0.1) is 0 Å². The monoisotopic (exact) mass is 418 g/mol. The number of fused-ring (bicyclic) bond motifs is 1. The van der Waals surface area contributed by atoms with E-state index in [0.717, 1.165) is 19.4 Å². The Morgan fingerprint density at radius 1 is 1.31 bits per heavy atom. The summed E-state index contributed by atoms with van der Waals surface area (Å²) in [7, 11) is 0. The number of halogens is 2. The lowest BCUT2D eigenvalue weighted by Gasteiger charge is -2.09. The van der Waals surface area contributed by atoms with Crippen molar-refractivity contribution in [3.8, 4) is 11.5 Å². The number of benzene rings is 2. The van der Waals surface area contributed by atoms with E-state index in [1.54, 1.807) is 24.3 Å². The molecule has 4 rings (SSSR count). The molecule has 1 fully saturated rings. The van der Waals surface area contributed by atoms with Crippen LogP contribution in [0.4, 0.5) is 10.1 Å². The second-order valence-electron chi connectivity index (χ2n) is 6.21. The zero-order chi connectivity index (χ0) is 18.1. The number of rotatable bonds is 4. The fourth-order valence-electron chi connectivity index (χ4n) is 3.01. The summed E-state index contributed by atoms with van der Waals surface area (Å²) in [6.07, 6.45) is 2.27. The van der Waals surface area contributed by atoms with Crippen molar-refractivity contribution in [3.63, 3.8) is 0 Å². The van der Waals surface area contributed by atoms with Gasteiger partial charge in [-0.1, -0.05) is 0 Å². The van der Waals surface area contributed by atoms with E-state index < -0.39 is 0 Å².